The number of carbonyl (C=O) groups excluding carboxylic acids is 1. The van der Waals surface area contributed by atoms with E-state index in [1.54, 1.807) is 24.3 Å². The Labute approximate surface area is 91.8 Å². The minimum Gasteiger partial charge on any atom is -0.303 e. The van der Waals surface area contributed by atoms with Crippen LogP contribution in [-0.2, 0) is 4.79 Å². The van der Waals surface area contributed by atoms with Crippen molar-refractivity contribution in [3.8, 4) is 6.07 Å². The van der Waals surface area contributed by atoms with Crippen molar-refractivity contribution in [2.75, 3.05) is 0 Å². The van der Waals surface area contributed by atoms with Gasteiger partial charge in [-0.2, -0.15) is 5.26 Å². The van der Waals surface area contributed by atoms with Gasteiger partial charge in [-0.3, -0.25) is 10.1 Å². The standard InChI is InChI=1S/C11H8N2O3/c12-8-10-5-4-9(3-1-2-6-14)7-11(10)13(15)16/h1,3-7H,2H2. The quantitative estimate of drug-likeness (QED) is 0.438. The summed E-state index contributed by atoms with van der Waals surface area (Å²) in [6.45, 7) is 0. The van der Waals surface area contributed by atoms with Crippen LogP contribution in [0.5, 0.6) is 0 Å². The third-order valence-corrected chi connectivity index (χ3v) is 1.88. The molecule has 0 unspecified atom stereocenters. The highest BCUT2D eigenvalue weighted by atomic mass is 16.6. The van der Waals surface area contributed by atoms with E-state index >= 15 is 0 Å². The number of benzene rings is 1. The van der Waals surface area contributed by atoms with Gasteiger partial charge in [0, 0.05) is 12.5 Å². The molecular weight excluding hydrogens is 208 g/mol. The lowest BCUT2D eigenvalue weighted by molar-refractivity contribution is -0.385. The number of allylic oxidation sites excluding steroid dienone is 1. The van der Waals surface area contributed by atoms with Gasteiger partial charge in [-0.05, 0) is 11.6 Å². The first-order valence-electron chi connectivity index (χ1n) is 4.47. The van der Waals surface area contributed by atoms with Gasteiger partial charge in [0.2, 0.25) is 0 Å². The second-order valence-electron chi connectivity index (χ2n) is 2.95. The molecule has 0 aliphatic heterocycles. The van der Waals surface area contributed by atoms with E-state index < -0.39 is 4.92 Å². The zero-order chi connectivity index (χ0) is 12.0. The summed E-state index contributed by atoms with van der Waals surface area (Å²) in [5, 5.41) is 19.3. The minimum absolute atomic E-state index is 0.0255. The molecule has 0 aliphatic rings. The van der Waals surface area contributed by atoms with E-state index in [4.69, 9.17) is 5.26 Å². The molecule has 80 valence electrons. The van der Waals surface area contributed by atoms with Crippen LogP contribution in [0, 0.1) is 21.4 Å². The van der Waals surface area contributed by atoms with Gasteiger partial charge in [0.15, 0.2) is 0 Å². The summed E-state index contributed by atoms with van der Waals surface area (Å²) in [4.78, 5) is 20.1. The Kier molecular flexibility index (Phi) is 3.92. The molecule has 0 spiro atoms. The van der Waals surface area contributed by atoms with E-state index in [1.165, 1.54) is 12.1 Å². The van der Waals surface area contributed by atoms with Crippen LogP contribution in [0.2, 0.25) is 0 Å². The molecule has 1 aromatic carbocycles. The van der Waals surface area contributed by atoms with Crippen molar-refractivity contribution in [1.82, 2.24) is 0 Å². The minimum atomic E-state index is -0.602. The molecule has 0 atom stereocenters. The number of nitro groups is 1. The molecule has 1 rings (SSSR count). The van der Waals surface area contributed by atoms with Crippen LogP contribution >= 0.6 is 0 Å². The summed E-state index contributed by atoms with van der Waals surface area (Å²) in [5.41, 5.74) is 0.390. The Morgan fingerprint density at radius 2 is 2.25 bits per heavy atom. The van der Waals surface area contributed by atoms with E-state index in [2.05, 4.69) is 0 Å². The predicted octanol–water partition coefficient (Wildman–Crippen LogP) is 2.07. The maximum absolute atomic E-state index is 10.6. The Bertz CT molecular complexity index is 486. The summed E-state index contributed by atoms with van der Waals surface area (Å²) >= 11 is 0. The normalized spacial score (nSPS) is 9.94. The molecule has 0 aliphatic carbocycles. The highest BCUT2D eigenvalue weighted by Gasteiger charge is 2.12. The third kappa shape index (κ3) is 2.75. The average molecular weight is 216 g/mol. The lowest BCUT2D eigenvalue weighted by Crippen LogP contribution is -1.92. The summed E-state index contributed by atoms with van der Waals surface area (Å²) in [6, 6.07) is 6.03. The number of hydrogen-bond donors (Lipinski definition) is 0. The monoisotopic (exact) mass is 216 g/mol. The first kappa shape index (κ1) is 11.6. The van der Waals surface area contributed by atoms with Crippen molar-refractivity contribution >= 4 is 18.0 Å². The van der Waals surface area contributed by atoms with E-state index in [1.807, 2.05) is 0 Å². The number of carbonyl (C=O) groups is 1. The van der Waals surface area contributed by atoms with Crippen LogP contribution in [0.15, 0.2) is 24.3 Å². The van der Waals surface area contributed by atoms with Crippen molar-refractivity contribution in [3.05, 3.63) is 45.5 Å². The number of nitro benzene ring substituents is 1. The van der Waals surface area contributed by atoms with E-state index in [9.17, 15) is 14.9 Å². The van der Waals surface area contributed by atoms with Gasteiger partial charge in [-0.1, -0.05) is 18.2 Å². The molecular formula is C11H8N2O3. The van der Waals surface area contributed by atoms with Gasteiger partial charge in [0.1, 0.15) is 17.9 Å². The van der Waals surface area contributed by atoms with Crippen LogP contribution in [0.4, 0.5) is 5.69 Å². The topological polar surface area (TPSA) is 84.0 Å². The van der Waals surface area contributed by atoms with Gasteiger partial charge >= 0.3 is 0 Å². The summed E-state index contributed by atoms with van der Waals surface area (Å²) in [5.74, 6) is 0. The summed E-state index contributed by atoms with van der Waals surface area (Å²) < 4.78 is 0. The zero-order valence-corrected chi connectivity index (χ0v) is 8.29. The number of nitrogens with zero attached hydrogens (tertiary/aromatic N) is 2. The molecule has 16 heavy (non-hydrogen) atoms. The second kappa shape index (κ2) is 5.41. The van der Waals surface area contributed by atoms with E-state index in [0.29, 0.717) is 5.56 Å². The smallest absolute Gasteiger partial charge is 0.287 e. The fourth-order valence-corrected chi connectivity index (χ4v) is 1.16. The van der Waals surface area contributed by atoms with Crippen LogP contribution in [0.3, 0.4) is 0 Å². The van der Waals surface area contributed by atoms with Crippen molar-refractivity contribution in [1.29, 1.82) is 5.26 Å². The Balaban J connectivity index is 3.08. The van der Waals surface area contributed by atoms with E-state index in [-0.39, 0.29) is 17.7 Å². The Hall–Kier alpha value is -2.48. The molecule has 0 bridgehead atoms. The lowest BCUT2D eigenvalue weighted by atomic mass is 10.1. The molecule has 1 aromatic rings. The fourth-order valence-electron chi connectivity index (χ4n) is 1.16. The SMILES string of the molecule is N#Cc1ccc(C=CCC=O)cc1[N+](=O)[O-]. The number of rotatable bonds is 4. The number of nitriles is 1. The molecule has 0 fully saturated rings. The van der Waals surface area contributed by atoms with Gasteiger partial charge < -0.3 is 4.79 Å². The van der Waals surface area contributed by atoms with Crippen molar-refractivity contribution in [2.45, 2.75) is 6.42 Å². The summed E-state index contributed by atoms with van der Waals surface area (Å²) in [7, 11) is 0. The molecule has 0 N–H and O–H groups in total. The molecule has 0 saturated carbocycles. The van der Waals surface area contributed by atoms with Crippen molar-refractivity contribution in [3.63, 3.8) is 0 Å². The average Bonchev–Trinajstić information content (AvgIpc) is 2.29. The predicted molar refractivity (Wildman–Crippen MR) is 57.5 cm³/mol. The zero-order valence-electron chi connectivity index (χ0n) is 8.29. The first-order valence-corrected chi connectivity index (χ1v) is 4.47. The Morgan fingerprint density at radius 1 is 1.50 bits per heavy atom. The molecule has 0 amide bonds. The van der Waals surface area contributed by atoms with Crippen LogP contribution in [0.25, 0.3) is 6.08 Å². The third-order valence-electron chi connectivity index (χ3n) is 1.88. The number of aldehydes is 1. The highest BCUT2D eigenvalue weighted by Crippen LogP contribution is 2.20. The Morgan fingerprint density at radius 3 is 2.81 bits per heavy atom. The molecule has 0 aromatic heterocycles. The highest BCUT2D eigenvalue weighted by molar-refractivity contribution is 5.61. The molecule has 0 heterocycles. The van der Waals surface area contributed by atoms with Gasteiger partial charge in [-0.25, -0.2) is 0 Å². The number of hydrogen-bond acceptors (Lipinski definition) is 4. The molecule has 5 nitrogen and oxygen atoms in total. The maximum atomic E-state index is 10.6. The fraction of sp³-hybridized carbons (Fsp3) is 0.0909. The molecule has 5 heteroatoms. The molecule has 0 radical (unpaired) electrons. The van der Waals surface area contributed by atoms with E-state index in [0.717, 1.165) is 6.29 Å². The molecule has 0 saturated heterocycles. The lowest BCUT2D eigenvalue weighted by Gasteiger charge is -1.96. The van der Waals surface area contributed by atoms with Crippen LogP contribution in [0.1, 0.15) is 17.5 Å². The van der Waals surface area contributed by atoms with Crippen molar-refractivity contribution in [2.24, 2.45) is 0 Å². The van der Waals surface area contributed by atoms with Crippen LogP contribution < -0.4 is 0 Å². The van der Waals surface area contributed by atoms with Crippen molar-refractivity contribution < 1.29 is 9.72 Å². The summed E-state index contributed by atoms with van der Waals surface area (Å²) in [6.07, 6.45) is 4.18. The maximum Gasteiger partial charge on any atom is 0.287 e. The first-order chi connectivity index (χ1) is 7.69. The second-order valence-corrected chi connectivity index (χ2v) is 2.95. The van der Waals surface area contributed by atoms with Gasteiger partial charge in [0.25, 0.3) is 5.69 Å². The van der Waals surface area contributed by atoms with Gasteiger partial charge in [0.05, 0.1) is 4.92 Å². The van der Waals surface area contributed by atoms with Gasteiger partial charge in [-0.15, -0.1) is 0 Å². The van der Waals surface area contributed by atoms with Crippen LogP contribution in [-0.4, -0.2) is 11.2 Å². The largest absolute Gasteiger partial charge is 0.303 e.